The van der Waals surface area contributed by atoms with E-state index < -0.39 is 0 Å². The van der Waals surface area contributed by atoms with Gasteiger partial charge in [0.25, 0.3) is 0 Å². The van der Waals surface area contributed by atoms with Gasteiger partial charge in [0.2, 0.25) is 0 Å². The molecule has 3 N–H and O–H groups in total. The van der Waals surface area contributed by atoms with Crippen LogP contribution >= 0.6 is 0 Å². The van der Waals surface area contributed by atoms with Crippen molar-refractivity contribution < 1.29 is 0 Å². The lowest BCUT2D eigenvalue weighted by molar-refractivity contribution is 0.636. The Labute approximate surface area is 82.6 Å². The molecule has 0 radical (unpaired) electrons. The summed E-state index contributed by atoms with van der Waals surface area (Å²) in [5.74, 6) is 0. The minimum atomic E-state index is 0.709. The quantitative estimate of drug-likeness (QED) is 0.540. The normalized spacial score (nSPS) is 10.9. The molecular weight excluding hydrogens is 160 g/mol. The third kappa shape index (κ3) is 11.5. The van der Waals surface area contributed by atoms with Gasteiger partial charge in [0, 0.05) is 13.1 Å². The Kier molecular flexibility index (Phi) is 11.1. The average Bonchev–Trinajstić information content (AvgIpc) is 2.16. The minimum absolute atomic E-state index is 0.709. The van der Waals surface area contributed by atoms with Gasteiger partial charge in [-0.25, -0.2) is 0 Å². The highest BCUT2D eigenvalue weighted by Crippen LogP contribution is 2.04. The van der Waals surface area contributed by atoms with E-state index in [1.165, 1.54) is 38.5 Å². The van der Waals surface area contributed by atoms with Crippen molar-refractivity contribution in [2.24, 2.45) is 5.73 Å². The van der Waals surface area contributed by atoms with Gasteiger partial charge in [0.15, 0.2) is 0 Å². The molecule has 0 saturated carbocycles. The Hall–Kier alpha value is -0.500. The first-order valence-corrected chi connectivity index (χ1v) is 5.50. The van der Waals surface area contributed by atoms with Crippen molar-refractivity contribution in [2.75, 3.05) is 13.1 Å². The third-order valence-electron chi connectivity index (χ3n) is 2.00. The molecule has 0 saturated heterocycles. The fourth-order valence-electron chi connectivity index (χ4n) is 1.20. The smallest absolute Gasteiger partial charge is 0.0264 e. The van der Waals surface area contributed by atoms with Crippen LogP contribution in [0.5, 0.6) is 0 Å². The summed E-state index contributed by atoms with van der Waals surface area (Å²) in [6.07, 6.45) is 12.2. The number of hydrogen-bond acceptors (Lipinski definition) is 2. The van der Waals surface area contributed by atoms with Gasteiger partial charge < -0.3 is 11.1 Å². The fourth-order valence-corrected chi connectivity index (χ4v) is 1.20. The monoisotopic (exact) mass is 184 g/mol. The van der Waals surface area contributed by atoms with Crippen molar-refractivity contribution in [1.82, 2.24) is 5.32 Å². The van der Waals surface area contributed by atoms with Crippen LogP contribution in [0.4, 0.5) is 0 Å². The second-order valence-electron chi connectivity index (χ2n) is 3.35. The predicted molar refractivity (Wildman–Crippen MR) is 59.6 cm³/mol. The van der Waals surface area contributed by atoms with E-state index in [0.29, 0.717) is 6.54 Å². The van der Waals surface area contributed by atoms with Crippen LogP contribution in [0.3, 0.4) is 0 Å². The number of hydrogen-bond donors (Lipinski definition) is 2. The molecule has 0 aliphatic rings. The number of nitrogens with two attached hydrogens (primary N) is 1. The lowest BCUT2D eigenvalue weighted by Gasteiger charge is -1.97. The molecule has 0 aliphatic carbocycles. The Balaban J connectivity index is 2.93. The standard InChI is InChI=1S/C11H24N2/c1-2-3-4-5-6-7-8-10-13-11-9-12/h8,10,13H,2-7,9,11-12H2,1H3. The lowest BCUT2D eigenvalue weighted by atomic mass is 10.1. The number of unbranched alkanes of at least 4 members (excludes halogenated alkanes) is 5. The van der Waals surface area contributed by atoms with E-state index in [4.69, 9.17) is 5.73 Å². The first-order valence-electron chi connectivity index (χ1n) is 5.50. The Morgan fingerprint density at radius 3 is 2.62 bits per heavy atom. The van der Waals surface area contributed by atoms with Gasteiger partial charge in [-0.15, -0.1) is 0 Å². The van der Waals surface area contributed by atoms with Gasteiger partial charge in [-0.3, -0.25) is 0 Å². The molecule has 78 valence electrons. The van der Waals surface area contributed by atoms with Crippen molar-refractivity contribution in [1.29, 1.82) is 0 Å². The summed E-state index contributed by atoms with van der Waals surface area (Å²) in [5, 5.41) is 3.13. The molecule has 0 unspecified atom stereocenters. The van der Waals surface area contributed by atoms with E-state index in [2.05, 4.69) is 18.3 Å². The summed E-state index contributed by atoms with van der Waals surface area (Å²) in [6, 6.07) is 0. The highest BCUT2D eigenvalue weighted by Gasteiger charge is 1.85. The second kappa shape index (κ2) is 11.5. The zero-order valence-electron chi connectivity index (χ0n) is 8.89. The molecule has 0 aromatic carbocycles. The highest BCUT2D eigenvalue weighted by molar-refractivity contribution is 4.79. The summed E-state index contributed by atoms with van der Waals surface area (Å²) >= 11 is 0. The number of rotatable bonds is 9. The van der Waals surface area contributed by atoms with Crippen LogP contribution in [0.25, 0.3) is 0 Å². The molecule has 0 amide bonds. The number of allylic oxidation sites excluding steroid dienone is 1. The van der Waals surface area contributed by atoms with Crippen LogP contribution in [0.2, 0.25) is 0 Å². The van der Waals surface area contributed by atoms with Crippen LogP contribution in [0, 0.1) is 0 Å². The molecule has 0 rings (SSSR count). The summed E-state index contributed by atoms with van der Waals surface area (Å²) in [4.78, 5) is 0. The zero-order chi connectivity index (χ0) is 9.78. The van der Waals surface area contributed by atoms with Crippen molar-refractivity contribution in [3.05, 3.63) is 12.3 Å². The van der Waals surface area contributed by atoms with Crippen molar-refractivity contribution in [3.63, 3.8) is 0 Å². The van der Waals surface area contributed by atoms with Crippen LogP contribution < -0.4 is 11.1 Å². The first-order chi connectivity index (χ1) is 6.41. The molecule has 0 heterocycles. The minimum Gasteiger partial charge on any atom is -0.390 e. The molecule has 0 aromatic rings. The molecule has 0 atom stereocenters. The fraction of sp³-hybridized carbons (Fsp3) is 0.818. The van der Waals surface area contributed by atoms with Crippen molar-refractivity contribution in [3.8, 4) is 0 Å². The van der Waals surface area contributed by atoms with Crippen LogP contribution in [0.15, 0.2) is 12.3 Å². The molecule has 0 aliphatic heterocycles. The lowest BCUT2D eigenvalue weighted by Crippen LogP contribution is -2.16. The average molecular weight is 184 g/mol. The van der Waals surface area contributed by atoms with E-state index in [1.54, 1.807) is 0 Å². The third-order valence-corrected chi connectivity index (χ3v) is 2.00. The molecular formula is C11H24N2. The molecule has 0 bridgehead atoms. The van der Waals surface area contributed by atoms with E-state index >= 15 is 0 Å². The highest BCUT2D eigenvalue weighted by atomic mass is 14.8. The van der Waals surface area contributed by atoms with Gasteiger partial charge in [0.1, 0.15) is 0 Å². The molecule has 0 aromatic heterocycles. The van der Waals surface area contributed by atoms with E-state index in [1.807, 2.05) is 6.20 Å². The molecule has 13 heavy (non-hydrogen) atoms. The maximum Gasteiger partial charge on any atom is 0.0264 e. The molecule has 0 fully saturated rings. The maximum absolute atomic E-state index is 5.33. The van der Waals surface area contributed by atoms with E-state index in [9.17, 15) is 0 Å². The second-order valence-corrected chi connectivity index (χ2v) is 3.35. The zero-order valence-corrected chi connectivity index (χ0v) is 8.89. The molecule has 2 heteroatoms. The van der Waals surface area contributed by atoms with E-state index in [-0.39, 0.29) is 0 Å². The SMILES string of the molecule is CCCCCCCC=CNCCN. The molecule has 2 nitrogen and oxygen atoms in total. The van der Waals surface area contributed by atoms with Gasteiger partial charge in [0.05, 0.1) is 0 Å². The largest absolute Gasteiger partial charge is 0.390 e. The van der Waals surface area contributed by atoms with Crippen LogP contribution in [0.1, 0.15) is 45.4 Å². The van der Waals surface area contributed by atoms with Gasteiger partial charge >= 0.3 is 0 Å². The summed E-state index contributed by atoms with van der Waals surface area (Å²) in [7, 11) is 0. The Bertz CT molecular complexity index is 111. The van der Waals surface area contributed by atoms with Gasteiger partial charge in [-0.05, 0) is 19.0 Å². The number of nitrogens with one attached hydrogen (secondary N) is 1. The molecule has 0 spiro atoms. The first kappa shape index (κ1) is 12.5. The Morgan fingerprint density at radius 2 is 1.92 bits per heavy atom. The van der Waals surface area contributed by atoms with Crippen LogP contribution in [-0.2, 0) is 0 Å². The van der Waals surface area contributed by atoms with Crippen molar-refractivity contribution in [2.45, 2.75) is 45.4 Å². The van der Waals surface area contributed by atoms with Gasteiger partial charge in [-0.1, -0.05) is 38.7 Å². The predicted octanol–water partition coefficient (Wildman–Crippen LogP) is 2.41. The van der Waals surface area contributed by atoms with E-state index in [0.717, 1.165) is 6.54 Å². The summed E-state index contributed by atoms with van der Waals surface area (Å²) < 4.78 is 0. The Morgan fingerprint density at radius 1 is 1.15 bits per heavy atom. The summed E-state index contributed by atoms with van der Waals surface area (Å²) in [5.41, 5.74) is 5.33. The van der Waals surface area contributed by atoms with Gasteiger partial charge in [-0.2, -0.15) is 0 Å². The topological polar surface area (TPSA) is 38.0 Å². The summed E-state index contributed by atoms with van der Waals surface area (Å²) in [6.45, 7) is 3.84. The van der Waals surface area contributed by atoms with Crippen molar-refractivity contribution >= 4 is 0 Å². The van der Waals surface area contributed by atoms with Crippen LogP contribution in [-0.4, -0.2) is 13.1 Å². The maximum atomic E-state index is 5.33.